The van der Waals surface area contributed by atoms with Crippen molar-refractivity contribution in [3.63, 3.8) is 0 Å². The summed E-state index contributed by atoms with van der Waals surface area (Å²) in [6.07, 6.45) is 1.98. The number of benzene rings is 2. The van der Waals surface area contributed by atoms with Gasteiger partial charge in [0.15, 0.2) is 0 Å². The lowest BCUT2D eigenvalue weighted by molar-refractivity contribution is -0.130. The number of hydrogen-bond acceptors (Lipinski definition) is 5. The van der Waals surface area contributed by atoms with Crippen LogP contribution in [-0.2, 0) is 27.9 Å². The molecular weight excluding hydrogens is 422 g/mol. The highest BCUT2D eigenvalue weighted by molar-refractivity contribution is 7.89. The largest absolute Gasteiger partial charge is 0.341 e. The number of thiazole rings is 1. The Bertz CT molecular complexity index is 1230. The first-order valence-corrected chi connectivity index (χ1v) is 12.0. The van der Waals surface area contributed by atoms with Crippen LogP contribution in [0.4, 0.5) is 0 Å². The normalized spacial score (nSPS) is 14.7. The van der Waals surface area contributed by atoms with Crippen molar-refractivity contribution in [3.05, 3.63) is 63.8 Å². The predicted molar refractivity (Wildman–Crippen MR) is 117 cm³/mol. The van der Waals surface area contributed by atoms with Gasteiger partial charge < -0.3 is 4.90 Å². The molecule has 0 atom stereocenters. The van der Waals surface area contributed by atoms with Crippen LogP contribution >= 0.6 is 11.3 Å². The number of carbonyl (C=O) groups is 1. The number of hydrogen-bond donors (Lipinski definition) is 0. The Morgan fingerprint density at radius 2 is 1.80 bits per heavy atom. The van der Waals surface area contributed by atoms with Gasteiger partial charge in [-0.2, -0.15) is 4.31 Å². The second-order valence-electron chi connectivity index (χ2n) is 7.42. The number of fused-ring (bicyclic) bond motifs is 1. The maximum absolute atomic E-state index is 13.0. The van der Waals surface area contributed by atoms with Crippen molar-refractivity contribution in [3.8, 4) is 0 Å². The van der Waals surface area contributed by atoms with E-state index in [4.69, 9.17) is 0 Å². The minimum absolute atomic E-state index is 0.0150. The van der Waals surface area contributed by atoms with E-state index in [2.05, 4.69) is 0 Å². The van der Waals surface area contributed by atoms with Crippen molar-refractivity contribution in [2.24, 2.45) is 0 Å². The fourth-order valence-corrected chi connectivity index (χ4v) is 5.85. The average Bonchev–Trinajstić information content (AvgIpc) is 3.37. The molecule has 1 aliphatic rings. The van der Waals surface area contributed by atoms with Gasteiger partial charge in [0.1, 0.15) is 6.54 Å². The zero-order chi connectivity index (χ0) is 21.3. The minimum atomic E-state index is -3.71. The molecule has 0 saturated carbocycles. The molecular formula is C21H23N3O4S2. The maximum Gasteiger partial charge on any atom is 0.308 e. The molecule has 30 heavy (non-hydrogen) atoms. The smallest absolute Gasteiger partial charge is 0.308 e. The number of carbonyl (C=O) groups excluding carboxylic acids is 1. The van der Waals surface area contributed by atoms with E-state index >= 15 is 0 Å². The topological polar surface area (TPSA) is 79.7 Å². The van der Waals surface area contributed by atoms with E-state index in [1.807, 2.05) is 30.3 Å². The van der Waals surface area contributed by atoms with Crippen LogP contribution < -0.4 is 4.87 Å². The molecule has 0 aliphatic carbocycles. The van der Waals surface area contributed by atoms with Crippen molar-refractivity contribution >= 4 is 37.5 Å². The SMILES string of the molecule is CN(Cc1ccccc1)S(=O)(=O)c1ccc2c(c1)sc(=O)n2CC(=O)N1CCCC1. The van der Waals surface area contributed by atoms with Crippen LogP contribution in [0.1, 0.15) is 18.4 Å². The predicted octanol–water partition coefficient (Wildman–Crippen LogP) is 2.51. The number of nitrogens with zero attached hydrogens (tertiary/aromatic N) is 3. The van der Waals surface area contributed by atoms with Gasteiger partial charge in [-0.25, -0.2) is 8.42 Å². The van der Waals surface area contributed by atoms with Crippen molar-refractivity contribution in [1.82, 2.24) is 13.8 Å². The van der Waals surface area contributed by atoms with Crippen LogP contribution in [-0.4, -0.2) is 48.2 Å². The highest BCUT2D eigenvalue weighted by Gasteiger charge is 2.24. The number of sulfonamides is 1. The Balaban J connectivity index is 1.60. The zero-order valence-corrected chi connectivity index (χ0v) is 18.3. The summed E-state index contributed by atoms with van der Waals surface area (Å²) in [7, 11) is -2.18. The van der Waals surface area contributed by atoms with E-state index in [1.165, 1.54) is 28.1 Å². The van der Waals surface area contributed by atoms with E-state index in [0.717, 1.165) is 42.8 Å². The van der Waals surface area contributed by atoms with E-state index in [0.29, 0.717) is 10.2 Å². The molecule has 7 nitrogen and oxygen atoms in total. The van der Waals surface area contributed by atoms with Gasteiger partial charge in [-0.3, -0.25) is 14.2 Å². The first kappa shape index (κ1) is 20.8. The summed E-state index contributed by atoms with van der Waals surface area (Å²) < 4.78 is 29.3. The standard InChI is InChI=1S/C21H23N3O4S2/c1-22(14-16-7-3-2-4-8-16)30(27,28)17-9-10-18-19(13-17)29-21(26)24(18)15-20(25)23-11-5-6-12-23/h2-4,7-10,13H,5-6,11-12,14-15H2,1H3. The second kappa shape index (κ2) is 8.33. The van der Waals surface area contributed by atoms with Crippen LogP contribution in [0, 0.1) is 0 Å². The van der Waals surface area contributed by atoms with Crippen molar-refractivity contribution in [1.29, 1.82) is 0 Å². The van der Waals surface area contributed by atoms with E-state index in [9.17, 15) is 18.0 Å². The monoisotopic (exact) mass is 445 g/mol. The van der Waals surface area contributed by atoms with Crippen LogP contribution in [0.15, 0.2) is 58.2 Å². The molecule has 1 saturated heterocycles. The van der Waals surface area contributed by atoms with Crippen LogP contribution in [0.3, 0.4) is 0 Å². The molecule has 0 spiro atoms. The number of likely N-dealkylation sites (tertiary alicyclic amines) is 1. The van der Waals surface area contributed by atoms with Gasteiger partial charge in [-0.15, -0.1) is 0 Å². The summed E-state index contributed by atoms with van der Waals surface area (Å²) in [6.45, 7) is 1.69. The summed E-state index contributed by atoms with van der Waals surface area (Å²) in [4.78, 5) is 26.6. The Kier molecular flexibility index (Phi) is 5.77. The highest BCUT2D eigenvalue weighted by Crippen LogP contribution is 2.24. The van der Waals surface area contributed by atoms with Gasteiger partial charge in [0.2, 0.25) is 15.9 Å². The summed E-state index contributed by atoms with van der Waals surface area (Å²) >= 11 is 0.963. The van der Waals surface area contributed by atoms with Gasteiger partial charge in [0, 0.05) is 26.7 Å². The molecule has 2 heterocycles. The first-order chi connectivity index (χ1) is 14.4. The second-order valence-corrected chi connectivity index (χ2v) is 10.5. The highest BCUT2D eigenvalue weighted by atomic mass is 32.2. The van der Waals surface area contributed by atoms with Crippen molar-refractivity contribution < 1.29 is 13.2 Å². The van der Waals surface area contributed by atoms with Gasteiger partial charge in [-0.1, -0.05) is 41.7 Å². The lowest BCUT2D eigenvalue weighted by Gasteiger charge is -2.17. The molecule has 2 aromatic carbocycles. The molecule has 1 aromatic heterocycles. The third-order valence-electron chi connectivity index (χ3n) is 5.35. The summed E-state index contributed by atoms with van der Waals surface area (Å²) in [5.74, 6) is -0.0754. The molecule has 1 fully saturated rings. The number of aromatic nitrogens is 1. The third-order valence-corrected chi connectivity index (χ3v) is 8.09. The third kappa shape index (κ3) is 4.05. The van der Waals surface area contributed by atoms with Gasteiger partial charge in [0.05, 0.1) is 15.1 Å². The Morgan fingerprint density at radius 3 is 2.50 bits per heavy atom. The van der Waals surface area contributed by atoms with Crippen molar-refractivity contribution in [2.75, 3.05) is 20.1 Å². The van der Waals surface area contributed by atoms with Gasteiger partial charge >= 0.3 is 4.87 Å². The Hall–Kier alpha value is -2.49. The summed E-state index contributed by atoms with van der Waals surface area (Å²) in [5, 5.41) is 0. The van der Waals surface area contributed by atoms with Crippen molar-refractivity contribution in [2.45, 2.75) is 30.8 Å². The van der Waals surface area contributed by atoms with E-state index in [-0.39, 0.29) is 28.8 Å². The van der Waals surface area contributed by atoms with Crippen LogP contribution in [0.25, 0.3) is 10.2 Å². The average molecular weight is 446 g/mol. The van der Waals surface area contributed by atoms with Crippen LogP contribution in [0.5, 0.6) is 0 Å². The first-order valence-electron chi connectivity index (χ1n) is 9.78. The Morgan fingerprint density at radius 1 is 1.10 bits per heavy atom. The molecule has 0 radical (unpaired) electrons. The minimum Gasteiger partial charge on any atom is -0.341 e. The maximum atomic E-state index is 13.0. The fourth-order valence-electron chi connectivity index (χ4n) is 3.66. The molecule has 0 N–H and O–H groups in total. The molecule has 1 amide bonds. The van der Waals surface area contributed by atoms with E-state index < -0.39 is 10.0 Å². The van der Waals surface area contributed by atoms with Gasteiger partial charge in [0.25, 0.3) is 0 Å². The summed E-state index contributed by atoms with van der Waals surface area (Å²) in [5.41, 5.74) is 1.48. The molecule has 4 rings (SSSR count). The zero-order valence-electron chi connectivity index (χ0n) is 16.7. The lowest BCUT2D eigenvalue weighted by Crippen LogP contribution is -2.33. The quantitative estimate of drug-likeness (QED) is 0.584. The van der Waals surface area contributed by atoms with Crippen LogP contribution in [0.2, 0.25) is 0 Å². The summed E-state index contributed by atoms with van der Waals surface area (Å²) in [6, 6.07) is 14.0. The molecule has 158 valence electrons. The molecule has 0 bridgehead atoms. The number of amides is 1. The van der Waals surface area contributed by atoms with Gasteiger partial charge in [-0.05, 0) is 36.6 Å². The molecule has 9 heteroatoms. The fraction of sp³-hybridized carbons (Fsp3) is 0.333. The van der Waals surface area contributed by atoms with E-state index in [1.54, 1.807) is 11.0 Å². The molecule has 1 aliphatic heterocycles. The molecule has 3 aromatic rings. The molecule has 0 unspecified atom stereocenters. The lowest BCUT2D eigenvalue weighted by atomic mass is 10.2. The Labute approximate surface area is 179 Å². The number of rotatable bonds is 6.